The van der Waals surface area contributed by atoms with Crippen LogP contribution in [0.15, 0.2) is 28.7 Å². The van der Waals surface area contributed by atoms with E-state index >= 15 is 0 Å². The topological polar surface area (TPSA) is 43.8 Å². The van der Waals surface area contributed by atoms with Gasteiger partial charge in [0.25, 0.3) is 0 Å². The van der Waals surface area contributed by atoms with Crippen molar-refractivity contribution in [2.75, 3.05) is 5.73 Å². The first-order valence-electron chi connectivity index (χ1n) is 5.61. The number of benzene rings is 1. The Morgan fingerprint density at radius 3 is 2.39 bits per heavy atom. The Morgan fingerprint density at radius 2 is 1.89 bits per heavy atom. The molecule has 0 saturated carbocycles. The van der Waals surface area contributed by atoms with Crippen molar-refractivity contribution in [1.82, 2.24) is 9.78 Å². The highest BCUT2D eigenvalue weighted by Gasteiger charge is 2.25. The summed E-state index contributed by atoms with van der Waals surface area (Å²) in [6.45, 7) is 6.10. The standard InChI is InChI=1S/C13H15BrFN3/c1-13(2,3)11-10(14)12(16)18(17-11)9-7-5-4-6-8(9)15/h4-7H,16H2,1-3H3. The fourth-order valence-corrected chi connectivity index (χ4v) is 2.54. The molecule has 2 aromatic rings. The van der Waals surface area contributed by atoms with E-state index in [0.717, 1.165) is 10.2 Å². The number of nitrogen functional groups attached to an aromatic ring is 1. The minimum absolute atomic E-state index is 0.163. The molecule has 0 amide bonds. The molecule has 0 aliphatic heterocycles. The van der Waals surface area contributed by atoms with Gasteiger partial charge in [0.2, 0.25) is 0 Å². The van der Waals surface area contributed by atoms with Crippen LogP contribution in [0.4, 0.5) is 10.2 Å². The van der Waals surface area contributed by atoms with Crippen LogP contribution in [0.3, 0.4) is 0 Å². The van der Waals surface area contributed by atoms with Crippen molar-refractivity contribution in [2.45, 2.75) is 26.2 Å². The molecule has 0 unspecified atom stereocenters. The quantitative estimate of drug-likeness (QED) is 0.873. The molecule has 1 heterocycles. The van der Waals surface area contributed by atoms with Gasteiger partial charge in [-0.15, -0.1) is 0 Å². The van der Waals surface area contributed by atoms with E-state index in [1.54, 1.807) is 18.2 Å². The first kappa shape index (κ1) is 13.1. The van der Waals surface area contributed by atoms with E-state index in [-0.39, 0.29) is 11.2 Å². The molecular formula is C13H15BrFN3. The maximum Gasteiger partial charge on any atom is 0.148 e. The van der Waals surface area contributed by atoms with E-state index < -0.39 is 0 Å². The molecule has 3 nitrogen and oxygen atoms in total. The molecule has 0 fully saturated rings. The van der Waals surface area contributed by atoms with Crippen molar-refractivity contribution in [2.24, 2.45) is 0 Å². The van der Waals surface area contributed by atoms with Crippen molar-refractivity contribution < 1.29 is 4.39 Å². The maximum atomic E-state index is 13.8. The molecule has 5 heteroatoms. The zero-order valence-corrected chi connectivity index (χ0v) is 12.1. The number of para-hydroxylation sites is 1. The van der Waals surface area contributed by atoms with Gasteiger partial charge in [-0.3, -0.25) is 0 Å². The van der Waals surface area contributed by atoms with Gasteiger partial charge >= 0.3 is 0 Å². The number of halogens is 2. The second-order valence-corrected chi connectivity index (χ2v) is 5.95. The monoisotopic (exact) mass is 311 g/mol. The molecular weight excluding hydrogens is 297 g/mol. The molecule has 0 aliphatic rings. The summed E-state index contributed by atoms with van der Waals surface area (Å²) in [6, 6.07) is 6.43. The van der Waals surface area contributed by atoms with E-state index in [9.17, 15) is 4.39 Å². The van der Waals surface area contributed by atoms with Crippen molar-refractivity contribution in [3.8, 4) is 5.69 Å². The average Bonchev–Trinajstić information content (AvgIpc) is 2.57. The van der Waals surface area contributed by atoms with Gasteiger partial charge in [-0.05, 0) is 28.1 Å². The Bertz CT molecular complexity index is 584. The molecule has 0 aliphatic carbocycles. The molecule has 1 aromatic heterocycles. The summed E-state index contributed by atoms with van der Waals surface area (Å²) in [6.07, 6.45) is 0. The van der Waals surface area contributed by atoms with Crippen LogP contribution < -0.4 is 5.73 Å². The molecule has 2 rings (SSSR count). The number of rotatable bonds is 1. The molecule has 0 spiro atoms. The van der Waals surface area contributed by atoms with Gasteiger partial charge in [-0.1, -0.05) is 32.9 Å². The van der Waals surface area contributed by atoms with E-state index in [1.165, 1.54) is 10.7 Å². The van der Waals surface area contributed by atoms with Crippen LogP contribution in [0.25, 0.3) is 5.69 Å². The van der Waals surface area contributed by atoms with E-state index in [2.05, 4.69) is 21.0 Å². The summed E-state index contributed by atoms with van der Waals surface area (Å²) >= 11 is 3.43. The lowest BCUT2D eigenvalue weighted by molar-refractivity contribution is 0.553. The zero-order valence-electron chi connectivity index (χ0n) is 10.5. The van der Waals surface area contributed by atoms with Gasteiger partial charge in [0.15, 0.2) is 0 Å². The Hall–Kier alpha value is -1.36. The second kappa shape index (κ2) is 4.39. The molecule has 18 heavy (non-hydrogen) atoms. The fraction of sp³-hybridized carbons (Fsp3) is 0.308. The minimum atomic E-state index is -0.348. The Balaban J connectivity index is 2.65. The van der Waals surface area contributed by atoms with Crippen LogP contribution in [-0.4, -0.2) is 9.78 Å². The summed E-state index contributed by atoms with van der Waals surface area (Å²) in [7, 11) is 0. The van der Waals surface area contributed by atoms with E-state index in [0.29, 0.717) is 11.5 Å². The van der Waals surface area contributed by atoms with Gasteiger partial charge in [-0.2, -0.15) is 5.10 Å². The third-order valence-electron chi connectivity index (χ3n) is 2.65. The van der Waals surface area contributed by atoms with E-state index in [4.69, 9.17) is 5.73 Å². The lowest BCUT2D eigenvalue weighted by Crippen LogP contribution is -2.13. The third kappa shape index (κ3) is 2.14. The predicted molar refractivity (Wildman–Crippen MR) is 74.3 cm³/mol. The zero-order chi connectivity index (χ0) is 13.5. The molecule has 2 N–H and O–H groups in total. The molecule has 0 bridgehead atoms. The second-order valence-electron chi connectivity index (χ2n) is 5.16. The molecule has 0 atom stereocenters. The Kier molecular flexibility index (Phi) is 3.19. The van der Waals surface area contributed by atoms with Gasteiger partial charge < -0.3 is 5.73 Å². The lowest BCUT2D eigenvalue weighted by Gasteiger charge is -2.15. The summed E-state index contributed by atoms with van der Waals surface area (Å²) < 4.78 is 15.9. The number of hydrogen-bond acceptors (Lipinski definition) is 2. The lowest BCUT2D eigenvalue weighted by atomic mass is 9.92. The first-order valence-corrected chi connectivity index (χ1v) is 6.41. The summed E-state index contributed by atoms with van der Waals surface area (Å²) in [5.41, 5.74) is 6.99. The van der Waals surface area contributed by atoms with Crippen molar-refractivity contribution in [3.05, 3.63) is 40.2 Å². The summed E-state index contributed by atoms with van der Waals surface area (Å²) in [4.78, 5) is 0. The third-order valence-corrected chi connectivity index (χ3v) is 3.43. The number of aromatic nitrogens is 2. The predicted octanol–water partition coefficient (Wildman–Crippen LogP) is 3.65. The Labute approximate surface area is 114 Å². The summed E-state index contributed by atoms with van der Waals surface area (Å²) in [5.74, 6) is 0.0599. The van der Waals surface area contributed by atoms with Crippen LogP contribution >= 0.6 is 15.9 Å². The van der Waals surface area contributed by atoms with Crippen LogP contribution in [0, 0.1) is 5.82 Å². The van der Waals surface area contributed by atoms with E-state index in [1.807, 2.05) is 20.8 Å². The van der Waals surface area contributed by atoms with Crippen LogP contribution in [0.1, 0.15) is 26.5 Å². The fourth-order valence-electron chi connectivity index (χ4n) is 1.70. The maximum absolute atomic E-state index is 13.8. The van der Waals surface area contributed by atoms with Crippen molar-refractivity contribution in [1.29, 1.82) is 0 Å². The van der Waals surface area contributed by atoms with Crippen molar-refractivity contribution >= 4 is 21.7 Å². The van der Waals surface area contributed by atoms with Gasteiger partial charge in [0.1, 0.15) is 17.3 Å². The highest BCUT2D eigenvalue weighted by Crippen LogP contribution is 2.34. The average molecular weight is 312 g/mol. The van der Waals surface area contributed by atoms with Gasteiger partial charge in [-0.25, -0.2) is 9.07 Å². The molecule has 0 radical (unpaired) electrons. The minimum Gasteiger partial charge on any atom is -0.383 e. The van der Waals surface area contributed by atoms with Gasteiger partial charge in [0, 0.05) is 5.41 Å². The van der Waals surface area contributed by atoms with Crippen LogP contribution in [-0.2, 0) is 5.41 Å². The van der Waals surface area contributed by atoms with Crippen LogP contribution in [0.2, 0.25) is 0 Å². The number of nitrogens with zero attached hydrogens (tertiary/aromatic N) is 2. The number of hydrogen-bond donors (Lipinski definition) is 1. The van der Waals surface area contributed by atoms with Crippen LogP contribution in [0.5, 0.6) is 0 Å². The van der Waals surface area contributed by atoms with Gasteiger partial charge in [0.05, 0.1) is 10.2 Å². The number of nitrogens with two attached hydrogens (primary N) is 1. The van der Waals surface area contributed by atoms with Crippen molar-refractivity contribution in [3.63, 3.8) is 0 Å². The summed E-state index contributed by atoms with van der Waals surface area (Å²) in [5, 5.41) is 4.42. The highest BCUT2D eigenvalue weighted by atomic mass is 79.9. The first-order chi connectivity index (χ1) is 8.32. The SMILES string of the molecule is CC(C)(C)c1nn(-c2ccccc2F)c(N)c1Br. The molecule has 0 saturated heterocycles. The smallest absolute Gasteiger partial charge is 0.148 e. The largest absolute Gasteiger partial charge is 0.383 e. The number of anilines is 1. The highest BCUT2D eigenvalue weighted by molar-refractivity contribution is 9.10. The molecule has 96 valence electrons. The normalized spacial score (nSPS) is 11.8. The Morgan fingerprint density at radius 1 is 1.28 bits per heavy atom. The molecule has 1 aromatic carbocycles.